The van der Waals surface area contributed by atoms with Crippen molar-refractivity contribution in [3.8, 4) is 0 Å². The number of nitrogens with zero attached hydrogens (tertiary/aromatic N) is 3. The molecule has 1 amide bonds. The van der Waals surface area contributed by atoms with Crippen molar-refractivity contribution < 1.29 is 19.1 Å². The van der Waals surface area contributed by atoms with Gasteiger partial charge in [-0.3, -0.25) is 19.5 Å². The summed E-state index contributed by atoms with van der Waals surface area (Å²) in [4.78, 5) is 31.0. The molecule has 1 unspecified atom stereocenters. The number of fused-ring (bicyclic) bond motifs is 1. The van der Waals surface area contributed by atoms with Gasteiger partial charge in [0.05, 0.1) is 5.52 Å². The van der Waals surface area contributed by atoms with Crippen molar-refractivity contribution in [1.29, 1.82) is 0 Å². The second-order valence-electron chi connectivity index (χ2n) is 7.04. The van der Waals surface area contributed by atoms with Gasteiger partial charge in [-0.05, 0) is 49.6 Å². The number of rotatable bonds is 5. The summed E-state index contributed by atoms with van der Waals surface area (Å²) in [5.41, 5.74) is 1.65. The molecular weight excluding hydrogens is 349 g/mol. The number of carbonyl (C=O) groups is 2. The number of hydrogen-bond donors (Lipinski definition) is 1. The zero-order chi connectivity index (χ0) is 19.4. The number of carbonyl (C=O) groups excluding carboxylic acids is 1. The molecular formula is C20H24FN3O3. The third-order valence-corrected chi connectivity index (χ3v) is 5.08. The fourth-order valence-corrected chi connectivity index (χ4v) is 3.84. The first-order valence-electron chi connectivity index (χ1n) is 9.18. The topological polar surface area (TPSA) is 73.7 Å². The summed E-state index contributed by atoms with van der Waals surface area (Å²) in [5, 5.41) is 9.84. The summed E-state index contributed by atoms with van der Waals surface area (Å²) in [6.45, 7) is 3.27. The van der Waals surface area contributed by atoms with E-state index in [1.165, 1.54) is 24.0 Å². The third-order valence-electron chi connectivity index (χ3n) is 5.08. The summed E-state index contributed by atoms with van der Waals surface area (Å²) < 4.78 is 14.0. The van der Waals surface area contributed by atoms with E-state index in [1.54, 1.807) is 12.3 Å². The predicted molar refractivity (Wildman–Crippen MR) is 99.6 cm³/mol. The SMILES string of the molecule is CC(=O)N(CC(=O)O)C1CCCN(Cc2cc(F)cc3cccnc23)CC1. The number of pyridine rings is 1. The van der Waals surface area contributed by atoms with Crippen LogP contribution < -0.4 is 0 Å². The molecule has 1 saturated heterocycles. The van der Waals surface area contributed by atoms with Crippen molar-refractivity contribution in [3.05, 3.63) is 41.8 Å². The number of carboxylic acids is 1. The van der Waals surface area contributed by atoms with Gasteiger partial charge in [-0.2, -0.15) is 0 Å². The molecule has 0 spiro atoms. The molecule has 0 aliphatic carbocycles. The van der Waals surface area contributed by atoms with Gasteiger partial charge in [0.2, 0.25) is 5.91 Å². The molecule has 1 N–H and O–H groups in total. The molecule has 0 saturated carbocycles. The van der Waals surface area contributed by atoms with Crippen LogP contribution in [0.5, 0.6) is 0 Å². The number of hydrogen-bond acceptors (Lipinski definition) is 4. The maximum absolute atomic E-state index is 14.0. The van der Waals surface area contributed by atoms with Crippen molar-refractivity contribution in [2.45, 2.75) is 38.8 Å². The average molecular weight is 373 g/mol. The summed E-state index contributed by atoms with van der Waals surface area (Å²) in [5.74, 6) is -1.48. The highest BCUT2D eigenvalue weighted by Crippen LogP contribution is 2.23. The molecule has 1 fully saturated rings. The van der Waals surface area contributed by atoms with E-state index in [4.69, 9.17) is 5.11 Å². The van der Waals surface area contributed by atoms with Crippen LogP contribution in [0.2, 0.25) is 0 Å². The Hall–Kier alpha value is -2.54. The zero-order valence-electron chi connectivity index (χ0n) is 15.4. The van der Waals surface area contributed by atoms with Crippen molar-refractivity contribution >= 4 is 22.8 Å². The lowest BCUT2D eigenvalue weighted by Crippen LogP contribution is -2.42. The number of amides is 1. The molecule has 2 aromatic rings. The second kappa shape index (κ2) is 8.43. The molecule has 144 valence electrons. The van der Waals surface area contributed by atoms with Crippen molar-refractivity contribution in [2.24, 2.45) is 0 Å². The Kier molecular flexibility index (Phi) is 6.01. The van der Waals surface area contributed by atoms with Crippen LogP contribution in [0.25, 0.3) is 10.9 Å². The highest BCUT2D eigenvalue weighted by atomic mass is 19.1. The molecule has 1 aromatic carbocycles. The van der Waals surface area contributed by atoms with Gasteiger partial charge in [-0.25, -0.2) is 4.39 Å². The van der Waals surface area contributed by atoms with Crippen molar-refractivity contribution in [1.82, 2.24) is 14.8 Å². The molecule has 7 heteroatoms. The van der Waals surface area contributed by atoms with Gasteiger partial charge in [0.25, 0.3) is 0 Å². The fraction of sp³-hybridized carbons (Fsp3) is 0.450. The van der Waals surface area contributed by atoms with Crippen molar-refractivity contribution in [3.63, 3.8) is 0 Å². The Morgan fingerprint density at radius 2 is 2.15 bits per heavy atom. The smallest absolute Gasteiger partial charge is 0.323 e. The Labute approximate surface area is 157 Å². The lowest BCUT2D eigenvalue weighted by Gasteiger charge is -2.29. The lowest BCUT2D eigenvalue weighted by molar-refractivity contribution is -0.145. The third kappa shape index (κ3) is 4.80. The van der Waals surface area contributed by atoms with Crippen LogP contribution in [0.1, 0.15) is 31.7 Å². The highest BCUT2D eigenvalue weighted by Gasteiger charge is 2.26. The minimum atomic E-state index is -0.997. The fourth-order valence-electron chi connectivity index (χ4n) is 3.84. The number of benzene rings is 1. The van der Waals surface area contributed by atoms with Gasteiger partial charge in [0.1, 0.15) is 12.4 Å². The van der Waals surface area contributed by atoms with Gasteiger partial charge >= 0.3 is 5.97 Å². The van der Waals surface area contributed by atoms with Crippen LogP contribution in [-0.2, 0) is 16.1 Å². The predicted octanol–water partition coefficient (Wildman–Crippen LogP) is 2.66. The number of likely N-dealkylation sites (tertiary alicyclic amines) is 1. The van der Waals surface area contributed by atoms with Gasteiger partial charge in [0.15, 0.2) is 0 Å². The standard InChI is InChI=1S/C20H24FN3O3/c1-14(25)24(13-19(26)27)18-5-3-8-23(9-6-18)12-16-11-17(21)10-15-4-2-7-22-20(15)16/h2,4,7,10-11,18H,3,5-6,8-9,12-13H2,1H3,(H,26,27). The highest BCUT2D eigenvalue weighted by molar-refractivity contribution is 5.81. The average Bonchev–Trinajstić information content (AvgIpc) is 2.84. The van der Waals surface area contributed by atoms with E-state index in [0.717, 1.165) is 42.4 Å². The summed E-state index contributed by atoms with van der Waals surface area (Å²) >= 11 is 0. The number of carboxylic acid groups (broad SMARTS) is 1. The largest absolute Gasteiger partial charge is 0.480 e. The van der Waals surface area contributed by atoms with Gasteiger partial charge in [-0.1, -0.05) is 6.07 Å². The molecule has 1 aliphatic heterocycles. The minimum absolute atomic E-state index is 0.0778. The van der Waals surface area contributed by atoms with E-state index in [1.807, 2.05) is 6.07 Å². The molecule has 27 heavy (non-hydrogen) atoms. The van der Waals surface area contributed by atoms with E-state index in [0.29, 0.717) is 13.0 Å². The normalized spacial score (nSPS) is 18.2. The Morgan fingerprint density at radius 3 is 2.89 bits per heavy atom. The van der Waals surface area contributed by atoms with Crippen LogP contribution >= 0.6 is 0 Å². The van der Waals surface area contributed by atoms with Crippen LogP contribution in [0.3, 0.4) is 0 Å². The minimum Gasteiger partial charge on any atom is -0.480 e. The van der Waals surface area contributed by atoms with Crippen molar-refractivity contribution in [2.75, 3.05) is 19.6 Å². The first-order chi connectivity index (χ1) is 12.9. The molecule has 1 atom stereocenters. The van der Waals surface area contributed by atoms with Gasteiger partial charge < -0.3 is 10.0 Å². The van der Waals surface area contributed by atoms with Gasteiger partial charge in [0, 0.05) is 37.6 Å². The lowest BCUT2D eigenvalue weighted by atomic mass is 10.1. The molecule has 6 nitrogen and oxygen atoms in total. The molecule has 1 aliphatic rings. The van der Waals surface area contributed by atoms with Crippen LogP contribution in [0, 0.1) is 5.82 Å². The first kappa shape index (κ1) is 19.2. The molecule has 0 radical (unpaired) electrons. The quantitative estimate of drug-likeness (QED) is 0.872. The molecule has 0 bridgehead atoms. The van der Waals surface area contributed by atoms with Crippen LogP contribution in [0.4, 0.5) is 4.39 Å². The monoisotopic (exact) mass is 373 g/mol. The van der Waals surface area contributed by atoms with Gasteiger partial charge in [-0.15, -0.1) is 0 Å². The summed E-state index contributed by atoms with van der Waals surface area (Å²) in [6.07, 6.45) is 4.03. The summed E-state index contributed by atoms with van der Waals surface area (Å²) in [7, 11) is 0. The zero-order valence-corrected chi connectivity index (χ0v) is 15.4. The molecule has 3 rings (SSSR count). The van der Waals surface area contributed by atoms with E-state index >= 15 is 0 Å². The van der Waals surface area contributed by atoms with Crippen LogP contribution in [0.15, 0.2) is 30.5 Å². The Morgan fingerprint density at radius 1 is 1.33 bits per heavy atom. The molecule has 1 aromatic heterocycles. The second-order valence-corrected chi connectivity index (χ2v) is 7.04. The molecule has 2 heterocycles. The Bertz CT molecular complexity index is 842. The number of aliphatic carboxylic acids is 1. The first-order valence-corrected chi connectivity index (χ1v) is 9.18. The number of halogens is 1. The van der Waals surface area contributed by atoms with Crippen LogP contribution in [-0.4, -0.2) is 57.4 Å². The van der Waals surface area contributed by atoms with E-state index < -0.39 is 5.97 Å². The van der Waals surface area contributed by atoms with E-state index in [-0.39, 0.29) is 24.3 Å². The van der Waals surface area contributed by atoms with E-state index in [2.05, 4.69) is 9.88 Å². The maximum Gasteiger partial charge on any atom is 0.323 e. The Balaban J connectivity index is 1.72. The van der Waals surface area contributed by atoms with E-state index in [9.17, 15) is 14.0 Å². The number of aromatic nitrogens is 1. The summed E-state index contributed by atoms with van der Waals surface area (Å²) in [6, 6.07) is 6.58. The maximum atomic E-state index is 14.0.